The zero-order valence-electron chi connectivity index (χ0n) is 11.5. The Morgan fingerprint density at radius 3 is 2.58 bits per heavy atom. The van der Waals surface area contributed by atoms with E-state index < -0.39 is 6.03 Å². The number of hydrogen-bond donors (Lipinski definition) is 2. The number of rotatable bonds is 6. The lowest BCUT2D eigenvalue weighted by molar-refractivity contribution is -0.0182. The van der Waals surface area contributed by atoms with Crippen LogP contribution in [0.25, 0.3) is 0 Å². The van der Waals surface area contributed by atoms with E-state index in [4.69, 9.17) is 14.7 Å². The third-order valence-electron chi connectivity index (χ3n) is 2.66. The van der Waals surface area contributed by atoms with Crippen LogP contribution in [0, 0.1) is 0 Å². The molecule has 1 aromatic rings. The first-order chi connectivity index (χ1) is 9.08. The second-order valence-electron chi connectivity index (χ2n) is 4.05. The summed E-state index contributed by atoms with van der Waals surface area (Å²) in [6.45, 7) is 0.498. The molecule has 0 spiro atoms. The highest BCUT2D eigenvalue weighted by Gasteiger charge is 2.06. The maximum atomic E-state index is 11.1. The van der Waals surface area contributed by atoms with Crippen LogP contribution in [0.3, 0.4) is 0 Å². The largest absolute Gasteiger partial charge is 0.493 e. The van der Waals surface area contributed by atoms with Gasteiger partial charge in [0.25, 0.3) is 0 Å². The Kier molecular flexibility index (Phi) is 5.95. The molecule has 0 heterocycles. The molecular weight excluding hydrogens is 248 g/mol. The first-order valence-corrected chi connectivity index (χ1v) is 5.99. The number of methoxy groups -OCH3 is 2. The standard InChI is InChI=1S/C13H20N2O4/c1-15(17)13(16)14-8-4-5-10-6-7-11(18-2)12(9-10)19-3/h6-7,9,17H,4-5,8H2,1-3H3,(H,14,16). The first-order valence-electron chi connectivity index (χ1n) is 5.99. The summed E-state index contributed by atoms with van der Waals surface area (Å²) < 4.78 is 10.4. The molecule has 0 fully saturated rings. The van der Waals surface area contributed by atoms with E-state index in [1.807, 2.05) is 18.2 Å². The molecule has 0 unspecified atom stereocenters. The molecule has 2 amide bonds. The van der Waals surface area contributed by atoms with Crippen molar-refractivity contribution in [1.29, 1.82) is 0 Å². The van der Waals surface area contributed by atoms with E-state index in [2.05, 4.69) is 5.32 Å². The summed E-state index contributed by atoms with van der Waals surface area (Å²) in [5, 5.41) is 12.0. The van der Waals surface area contributed by atoms with Gasteiger partial charge < -0.3 is 14.8 Å². The molecule has 6 nitrogen and oxygen atoms in total. The fourth-order valence-corrected chi connectivity index (χ4v) is 1.64. The van der Waals surface area contributed by atoms with Crippen LogP contribution in [-0.2, 0) is 6.42 Å². The number of amides is 2. The van der Waals surface area contributed by atoms with Crippen LogP contribution in [-0.4, -0.2) is 44.1 Å². The quantitative estimate of drug-likeness (QED) is 0.467. The minimum Gasteiger partial charge on any atom is -0.493 e. The Bertz CT molecular complexity index is 421. The second-order valence-corrected chi connectivity index (χ2v) is 4.05. The lowest BCUT2D eigenvalue weighted by atomic mass is 10.1. The summed E-state index contributed by atoms with van der Waals surface area (Å²) in [4.78, 5) is 11.1. The van der Waals surface area contributed by atoms with Gasteiger partial charge in [0.1, 0.15) is 0 Å². The molecule has 2 N–H and O–H groups in total. The fourth-order valence-electron chi connectivity index (χ4n) is 1.64. The molecule has 0 aliphatic heterocycles. The Labute approximate surface area is 112 Å². The Morgan fingerprint density at radius 2 is 2.00 bits per heavy atom. The smallest absolute Gasteiger partial charge is 0.340 e. The van der Waals surface area contributed by atoms with Crippen molar-refractivity contribution in [3.05, 3.63) is 23.8 Å². The lowest BCUT2D eigenvalue weighted by Crippen LogP contribution is -2.35. The van der Waals surface area contributed by atoms with Crippen LogP contribution in [0.1, 0.15) is 12.0 Å². The van der Waals surface area contributed by atoms with Gasteiger partial charge in [-0.25, -0.2) is 9.86 Å². The van der Waals surface area contributed by atoms with E-state index in [9.17, 15) is 4.79 Å². The zero-order chi connectivity index (χ0) is 14.3. The molecule has 0 aromatic heterocycles. The summed E-state index contributed by atoms with van der Waals surface area (Å²) in [6.07, 6.45) is 1.57. The van der Waals surface area contributed by atoms with E-state index in [0.717, 1.165) is 18.4 Å². The number of hydrogen-bond acceptors (Lipinski definition) is 4. The summed E-state index contributed by atoms with van der Waals surface area (Å²) in [7, 11) is 4.47. The zero-order valence-corrected chi connectivity index (χ0v) is 11.5. The minimum absolute atomic E-state index is 0.498. The molecule has 1 aromatic carbocycles. The molecule has 0 saturated carbocycles. The summed E-state index contributed by atoms with van der Waals surface area (Å²) in [5.74, 6) is 1.39. The monoisotopic (exact) mass is 268 g/mol. The van der Waals surface area contributed by atoms with Crippen molar-refractivity contribution < 1.29 is 19.5 Å². The van der Waals surface area contributed by atoms with Gasteiger partial charge in [-0.05, 0) is 30.5 Å². The summed E-state index contributed by atoms with van der Waals surface area (Å²) in [5.41, 5.74) is 1.10. The normalized spacial score (nSPS) is 9.89. The third kappa shape index (κ3) is 4.67. The molecule has 6 heteroatoms. The van der Waals surface area contributed by atoms with E-state index in [0.29, 0.717) is 23.1 Å². The molecular formula is C13H20N2O4. The number of aryl methyl sites for hydroxylation is 1. The van der Waals surface area contributed by atoms with E-state index in [1.165, 1.54) is 7.05 Å². The highest BCUT2D eigenvalue weighted by Crippen LogP contribution is 2.27. The predicted molar refractivity (Wildman–Crippen MR) is 70.8 cm³/mol. The highest BCUT2D eigenvalue weighted by molar-refractivity contribution is 5.72. The number of nitrogens with zero attached hydrogens (tertiary/aromatic N) is 1. The predicted octanol–water partition coefficient (Wildman–Crippen LogP) is 1.67. The molecule has 0 aliphatic rings. The number of carbonyl (C=O) groups excluding carboxylic acids is 1. The maximum absolute atomic E-state index is 11.1. The van der Waals surface area contributed by atoms with Crippen molar-refractivity contribution in [2.45, 2.75) is 12.8 Å². The molecule has 106 valence electrons. The SMILES string of the molecule is COc1ccc(CCCNC(=O)N(C)O)cc1OC. The van der Waals surface area contributed by atoms with Crippen molar-refractivity contribution in [3.8, 4) is 11.5 Å². The fraction of sp³-hybridized carbons (Fsp3) is 0.462. The van der Waals surface area contributed by atoms with Crippen LogP contribution < -0.4 is 14.8 Å². The van der Waals surface area contributed by atoms with Crippen molar-refractivity contribution in [2.24, 2.45) is 0 Å². The van der Waals surface area contributed by atoms with E-state index >= 15 is 0 Å². The minimum atomic E-state index is -0.507. The van der Waals surface area contributed by atoms with E-state index in [1.54, 1.807) is 14.2 Å². The van der Waals surface area contributed by atoms with Crippen molar-refractivity contribution >= 4 is 6.03 Å². The van der Waals surface area contributed by atoms with Crippen molar-refractivity contribution in [2.75, 3.05) is 27.8 Å². The first kappa shape index (κ1) is 15.1. The number of carbonyl (C=O) groups is 1. The Balaban J connectivity index is 2.43. The van der Waals surface area contributed by atoms with Crippen LogP contribution in [0.2, 0.25) is 0 Å². The number of benzene rings is 1. The van der Waals surface area contributed by atoms with Gasteiger partial charge in [-0.3, -0.25) is 5.21 Å². The van der Waals surface area contributed by atoms with Crippen molar-refractivity contribution in [1.82, 2.24) is 10.4 Å². The molecule has 0 atom stereocenters. The molecule has 0 saturated heterocycles. The lowest BCUT2D eigenvalue weighted by Gasteiger charge is -2.11. The Hall–Kier alpha value is -1.95. The highest BCUT2D eigenvalue weighted by atomic mass is 16.5. The number of hydroxylamine groups is 2. The average Bonchev–Trinajstić information content (AvgIpc) is 2.42. The summed E-state index contributed by atoms with van der Waals surface area (Å²) in [6, 6.07) is 5.22. The van der Waals surface area contributed by atoms with Crippen LogP contribution >= 0.6 is 0 Å². The van der Waals surface area contributed by atoms with Crippen LogP contribution in [0.4, 0.5) is 4.79 Å². The molecule has 0 bridgehead atoms. The molecule has 1 rings (SSSR count). The molecule has 19 heavy (non-hydrogen) atoms. The molecule has 0 aliphatic carbocycles. The van der Waals surface area contributed by atoms with Gasteiger partial charge in [-0.15, -0.1) is 0 Å². The van der Waals surface area contributed by atoms with Gasteiger partial charge in [0.2, 0.25) is 0 Å². The van der Waals surface area contributed by atoms with Gasteiger partial charge in [-0.2, -0.15) is 0 Å². The van der Waals surface area contributed by atoms with Crippen LogP contribution in [0.15, 0.2) is 18.2 Å². The number of nitrogens with one attached hydrogen (secondary N) is 1. The van der Waals surface area contributed by atoms with Crippen LogP contribution in [0.5, 0.6) is 11.5 Å². The topological polar surface area (TPSA) is 71.0 Å². The van der Waals surface area contributed by atoms with Gasteiger partial charge in [0.15, 0.2) is 11.5 Å². The van der Waals surface area contributed by atoms with Gasteiger partial charge in [0, 0.05) is 13.6 Å². The Morgan fingerprint density at radius 1 is 1.32 bits per heavy atom. The number of urea groups is 1. The average molecular weight is 268 g/mol. The second kappa shape index (κ2) is 7.48. The third-order valence-corrected chi connectivity index (χ3v) is 2.66. The van der Waals surface area contributed by atoms with Gasteiger partial charge >= 0.3 is 6.03 Å². The van der Waals surface area contributed by atoms with Gasteiger partial charge in [0.05, 0.1) is 14.2 Å². The number of ether oxygens (including phenoxy) is 2. The van der Waals surface area contributed by atoms with E-state index in [-0.39, 0.29) is 0 Å². The van der Waals surface area contributed by atoms with Crippen molar-refractivity contribution in [3.63, 3.8) is 0 Å². The van der Waals surface area contributed by atoms with Gasteiger partial charge in [-0.1, -0.05) is 6.07 Å². The summed E-state index contributed by atoms with van der Waals surface area (Å²) >= 11 is 0. The maximum Gasteiger partial charge on any atom is 0.340 e. The molecule has 0 radical (unpaired) electrons.